The molecule has 0 aromatic rings. The van der Waals surface area contributed by atoms with Crippen LogP contribution < -0.4 is 5.73 Å². The van der Waals surface area contributed by atoms with E-state index in [0.717, 1.165) is 0 Å². The van der Waals surface area contributed by atoms with Crippen molar-refractivity contribution in [2.75, 3.05) is 0 Å². The highest BCUT2D eigenvalue weighted by Gasteiger charge is 2.19. The van der Waals surface area contributed by atoms with Crippen molar-refractivity contribution >= 4 is 5.97 Å². The van der Waals surface area contributed by atoms with Gasteiger partial charge in [0.15, 0.2) is 6.10 Å². The van der Waals surface area contributed by atoms with Crippen LogP contribution in [0.15, 0.2) is 0 Å². The Labute approximate surface area is 53.3 Å². The van der Waals surface area contributed by atoms with Crippen LogP contribution in [0.4, 0.5) is 0 Å². The summed E-state index contributed by atoms with van der Waals surface area (Å²) in [6, 6.07) is -0.650. The number of carboxylic acids is 1. The highest BCUT2D eigenvalue weighted by Crippen LogP contribution is 1.93. The third-order valence-corrected chi connectivity index (χ3v) is 1.13. The Morgan fingerprint density at radius 1 is 1.78 bits per heavy atom. The van der Waals surface area contributed by atoms with Crippen molar-refractivity contribution in [3.05, 3.63) is 0 Å². The molecular formula is C5H11NO3. The Morgan fingerprint density at radius 2 is 2.22 bits per heavy atom. The molecule has 2 atom stereocenters. The number of nitrogens with two attached hydrogens (primary N) is 1. The minimum Gasteiger partial charge on any atom is -0.479 e. The smallest absolute Gasteiger partial charge is 0.334 e. The molecule has 0 rings (SSSR count). The summed E-state index contributed by atoms with van der Waals surface area (Å²) in [6.45, 7) is 1.72. The van der Waals surface area contributed by atoms with Crippen molar-refractivity contribution in [1.29, 1.82) is 0 Å². The average Bonchev–Trinajstić information content (AvgIpc) is 1.84. The lowest BCUT2D eigenvalue weighted by Crippen LogP contribution is -2.39. The maximum atomic E-state index is 9.97. The number of aliphatic hydroxyl groups excluding tert-OH is 1. The lowest BCUT2D eigenvalue weighted by Gasteiger charge is -2.11. The van der Waals surface area contributed by atoms with E-state index >= 15 is 0 Å². The van der Waals surface area contributed by atoms with Crippen LogP contribution in [0.25, 0.3) is 0 Å². The second kappa shape index (κ2) is 3.42. The van der Waals surface area contributed by atoms with Gasteiger partial charge in [-0.2, -0.15) is 0 Å². The standard InChI is InChI=1S/C5H11NO3/c1-2-3(6)4(7)5(8)9/h3-4,7H,2,6H2,1H3,(H,8,9)/t3?,4-/m1/s1. The zero-order chi connectivity index (χ0) is 7.44. The maximum Gasteiger partial charge on any atom is 0.334 e. The van der Waals surface area contributed by atoms with Gasteiger partial charge in [0.05, 0.1) is 0 Å². The zero-order valence-corrected chi connectivity index (χ0v) is 5.24. The molecule has 0 aromatic heterocycles. The number of aliphatic carboxylic acids is 1. The number of hydrogen-bond acceptors (Lipinski definition) is 3. The molecule has 4 nitrogen and oxygen atoms in total. The van der Waals surface area contributed by atoms with Crippen LogP contribution in [0.2, 0.25) is 0 Å². The molecule has 0 saturated heterocycles. The molecule has 0 aliphatic heterocycles. The summed E-state index contributed by atoms with van der Waals surface area (Å²) in [6.07, 6.45) is -0.956. The summed E-state index contributed by atoms with van der Waals surface area (Å²) in [4.78, 5) is 9.97. The quantitative estimate of drug-likeness (QED) is 0.469. The predicted molar refractivity (Wildman–Crippen MR) is 31.9 cm³/mol. The molecule has 0 aliphatic rings. The molecule has 0 radical (unpaired) electrons. The van der Waals surface area contributed by atoms with Gasteiger partial charge in [-0.15, -0.1) is 0 Å². The summed E-state index contributed by atoms with van der Waals surface area (Å²) in [5.41, 5.74) is 5.19. The number of carboxylic acid groups (broad SMARTS) is 1. The van der Waals surface area contributed by atoms with Crippen molar-refractivity contribution in [2.24, 2.45) is 5.73 Å². The molecule has 0 fully saturated rings. The molecule has 0 aliphatic carbocycles. The fourth-order valence-electron chi connectivity index (χ4n) is 0.406. The summed E-state index contributed by atoms with van der Waals surface area (Å²) < 4.78 is 0. The van der Waals surface area contributed by atoms with Gasteiger partial charge in [-0.25, -0.2) is 4.79 Å². The first-order valence-electron chi connectivity index (χ1n) is 2.76. The number of carbonyl (C=O) groups is 1. The highest BCUT2D eigenvalue weighted by atomic mass is 16.4. The lowest BCUT2D eigenvalue weighted by molar-refractivity contribution is -0.147. The van der Waals surface area contributed by atoms with E-state index in [1.54, 1.807) is 6.92 Å². The summed E-state index contributed by atoms with van der Waals surface area (Å²) in [5, 5.41) is 16.8. The van der Waals surface area contributed by atoms with Gasteiger partial charge in [-0.1, -0.05) is 6.92 Å². The fraction of sp³-hybridized carbons (Fsp3) is 0.800. The van der Waals surface area contributed by atoms with Gasteiger partial charge in [-0.3, -0.25) is 0 Å². The molecule has 9 heavy (non-hydrogen) atoms. The molecule has 0 amide bonds. The molecule has 0 heterocycles. The van der Waals surface area contributed by atoms with E-state index in [4.69, 9.17) is 15.9 Å². The minimum atomic E-state index is -1.42. The second-order valence-electron chi connectivity index (χ2n) is 1.86. The Hall–Kier alpha value is -0.610. The Bertz CT molecular complexity index is 104. The Kier molecular flexibility index (Phi) is 3.19. The van der Waals surface area contributed by atoms with E-state index < -0.39 is 18.1 Å². The zero-order valence-electron chi connectivity index (χ0n) is 5.24. The van der Waals surface area contributed by atoms with E-state index in [1.807, 2.05) is 0 Å². The van der Waals surface area contributed by atoms with Crippen molar-refractivity contribution in [1.82, 2.24) is 0 Å². The third kappa shape index (κ3) is 2.43. The van der Waals surface area contributed by atoms with Gasteiger partial charge in [0.25, 0.3) is 0 Å². The first-order chi connectivity index (χ1) is 4.09. The van der Waals surface area contributed by atoms with Gasteiger partial charge in [0.2, 0.25) is 0 Å². The Morgan fingerprint density at radius 3 is 2.33 bits per heavy atom. The van der Waals surface area contributed by atoms with E-state index in [9.17, 15) is 4.79 Å². The maximum absolute atomic E-state index is 9.97. The average molecular weight is 133 g/mol. The SMILES string of the molecule is CCC(N)[C@@H](O)C(=O)O. The largest absolute Gasteiger partial charge is 0.479 e. The first kappa shape index (κ1) is 8.39. The highest BCUT2D eigenvalue weighted by molar-refractivity contribution is 5.72. The summed E-state index contributed by atoms with van der Waals surface area (Å²) >= 11 is 0. The number of hydrogen-bond donors (Lipinski definition) is 3. The minimum absolute atomic E-state index is 0.466. The summed E-state index contributed by atoms with van der Waals surface area (Å²) in [5.74, 6) is -1.26. The van der Waals surface area contributed by atoms with E-state index in [2.05, 4.69) is 0 Å². The van der Waals surface area contributed by atoms with E-state index in [0.29, 0.717) is 6.42 Å². The topological polar surface area (TPSA) is 83.5 Å². The van der Waals surface area contributed by atoms with Crippen LogP contribution in [-0.2, 0) is 4.79 Å². The van der Waals surface area contributed by atoms with Gasteiger partial charge in [0.1, 0.15) is 0 Å². The summed E-state index contributed by atoms with van der Waals surface area (Å²) in [7, 11) is 0. The van der Waals surface area contributed by atoms with Crippen LogP contribution in [-0.4, -0.2) is 28.3 Å². The molecule has 0 bridgehead atoms. The van der Waals surface area contributed by atoms with Gasteiger partial charge in [-0.05, 0) is 6.42 Å². The van der Waals surface area contributed by atoms with Crippen molar-refractivity contribution < 1.29 is 15.0 Å². The second-order valence-corrected chi connectivity index (χ2v) is 1.86. The van der Waals surface area contributed by atoms with E-state index in [1.165, 1.54) is 0 Å². The van der Waals surface area contributed by atoms with Crippen molar-refractivity contribution in [2.45, 2.75) is 25.5 Å². The van der Waals surface area contributed by atoms with Crippen LogP contribution in [0.1, 0.15) is 13.3 Å². The molecule has 4 N–H and O–H groups in total. The van der Waals surface area contributed by atoms with Gasteiger partial charge >= 0.3 is 5.97 Å². The molecule has 0 spiro atoms. The monoisotopic (exact) mass is 133 g/mol. The molecule has 4 heteroatoms. The molecule has 0 saturated carbocycles. The van der Waals surface area contributed by atoms with Crippen molar-refractivity contribution in [3.63, 3.8) is 0 Å². The van der Waals surface area contributed by atoms with Crippen LogP contribution >= 0.6 is 0 Å². The first-order valence-corrected chi connectivity index (χ1v) is 2.76. The van der Waals surface area contributed by atoms with E-state index in [-0.39, 0.29) is 0 Å². The Balaban J connectivity index is 3.72. The van der Waals surface area contributed by atoms with Crippen LogP contribution in [0.5, 0.6) is 0 Å². The number of aliphatic hydroxyl groups is 1. The van der Waals surface area contributed by atoms with Crippen LogP contribution in [0, 0.1) is 0 Å². The molecular weight excluding hydrogens is 122 g/mol. The van der Waals surface area contributed by atoms with Crippen LogP contribution in [0.3, 0.4) is 0 Å². The van der Waals surface area contributed by atoms with Gasteiger partial charge in [0, 0.05) is 6.04 Å². The predicted octanol–water partition coefficient (Wildman–Crippen LogP) is -0.831. The fourth-order valence-corrected chi connectivity index (χ4v) is 0.406. The third-order valence-electron chi connectivity index (χ3n) is 1.13. The number of rotatable bonds is 3. The normalized spacial score (nSPS) is 16.8. The molecule has 0 aromatic carbocycles. The van der Waals surface area contributed by atoms with Gasteiger partial charge < -0.3 is 15.9 Å². The lowest BCUT2D eigenvalue weighted by atomic mass is 10.1. The van der Waals surface area contributed by atoms with Crippen molar-refractivity contribution in [3.8, 4) is 0 Å². The molecule has 54 valence electrons. The molecule has 1 unspecified atom stereocenters.